The maximum atomic E-state index is 12.6. The van der Waals surface area contributed by atoms with Gasteiger partial charge in [-0.25, -0.2) is 4.98 Å². The van der Waals surface area contributed by atoms with E-state index < -0.39 is 0 Å². The van der Waals surface area contributed by atoms with E-state index >= 15 is 0 Å². The lowest BCUT2D eigenvalue weighted by molar-refractivity contribution is 0.618. The first-order chi connectivity index (χ1) is 10.6. The number of benzene rings is 1. The van der Waals surface area contributed by atoms with Crippen LogP contribution in [0.4, 0.5) is 0 Å². The molecule has 3 nitrogen and oxygen atoms in total. The second-order valence-electron chi connectivity index (χ2n) is 4.78. The Morgan fingerprint density at radius 1 is 1.09 bits per heavy atom. The summed E-state index contributed by atoms with van der Waals surface area (Å²) in [5, 5.41) is 2.05. The predicted molar refractivity (Wildman–Crippen MR) is 92.1 cm³/mol. The highest BCUT2D eigenvalue weighted by molar-refractivity contribution is 7.13. The Kier molecular flexibility index (Phi) is 4.34. The van der Waals surface area contributed by atoms with Crippen molar-refractivity contribution in [3.8, 4) is 10.6 Å². The lowest BCUT2D eigenvalue weighted by Crippen LogP contribution is -2.27. The Labute approximate surface area is 141 Å². The molecule has 2 heterocycles. The standard InChI is InChI=1S/C16H12Cl2N2OS/c1-10(11-6-3-2-4-7-11)20-13(12-8-5-9-22-12)14(17)19-15(18)16(20)21/h2-10H,1H3/t10-/m1/s1. The molecule has 0 spiro atoms. The van der Waals surface area contributed by atoms with Crippen molar-refractivity contribution in [2.75, 3.05) is 0 Å². The van der Waals surface area contributed by atoms with Crippen molar-refractivity contribution >= 4 is 34.5 Å². The fourth-order valence-corrected chi connectivity index (χ4v) is 3.69. The molecule has 0 aliphatic carbocycles. The summed E-state index contributed by atoms with van der Waals surface area (Å²) in [5.74, 6) is 0. The number of aromatic nitrogens is 2. The lowest BCUT2D eigenvalue weighted by Gasteiger charge is -2.20. The van der Waals surface area contributed by atoms with E-state index in [4.69, 9.17) is 23.2 Å². The summed E-state index contributed by atoms with van der Waals surface area (Å²) >= 11 is 13.7. The number of nitrogens with zero attached hydrogens (tertiary/aromatic N) is 2. The lowest BCUT2D eigenvalue weighted by atomic mass is 10.1. The molecule has 0 unspecified atom stereocenters. The molecule has 3 aromatic rings. The molecule has 0 bridgehead atoms. The zero-order valence-corrected chi connectivity index (χ0v) is 14.0. The van der Waals surface area contributed by atoms with Crippen LogP contribution in [0.5, 0.6) is 0 Å². The van der Waals surface area contributed by atoms with Crippen molar-refractivity contribution in [3.05, 3.63) is 74.1 Å². The molecule has 1 aromatic carbocycles. The zero-order valence-electron chi connectivity index (χ0n) is 11.7. The minimum absolute atomic E-state index is 0.118. The Balaban J connectivity index is 2.28. The number of rotatable bonds is 3. The topological polar surface area (TPSA) is 34.9 Å². The molecule has 3 rings (SSSR count). The highest BCUT2D eigenvalue weighted by Gasteiger charge is 2.21. The van der Waals surface area contributed by atoms with Crippen molar-refractivity contribution in [2.24, 2.45) is 0 Å². The minimum Gasteiger partial charge on any atom is -0.295 e. The summed E-state index contributed by atoms with van der Waals surface area (Å²) in [7, 11) is 0. The van der Waals surface area contributed by atoms with Gasteiger partial charge in [0.2, 0.25) is 0 Å². The Bertz CT molecular complexity index is 845. The normalized spacial score (nSPS) is 12.3. The van der Waals surface area contributed by atoms with Crippen molar-refractivity contribution in [2.45, 2.75) is 13.0 Å². The molecule has 0 radical (unpaired) electrons. The molecule has 0 saturated carbocycles. The molecule has 0 aliphatic heterocycles. The molecule has 0 fully saturated rings. The highest BCUT2D eigenvalue weighted by atomic mass is 35.5. The molecule has 22 heavy (non-hydrogen) atoms. The van der Waals surface area contributed by atoms with E-state index in [1.807, 2.05) is 54.8 Å². The van der Waals surface area contributed by atoms with Crippen LogP contribution in [0.2, 0.25) is 10.3 Å². The second kappa shape index (κ2) is 6.24. The van der Waals surface area contributed by atoms with E-state index in [1.165, 1.54) is 11.3 Å². The Morgan fingerprint density at radius 2 is 1.82 bits per heavy atom. The summed E-state index contributed by atoms with van der Waals surface area (Å²) in [4.78, 5) is 17.4. The van der Waals surface area contributed by atoms with Crippen LogP contribution in [-0.2, 0) is 0 Å². The van der Waals surface area contributed by atoms with Crippen LogP contribution >= 0.6 is 34.5 Å². The SMILES string of the molecule is C[C@H](c1ccccc1)n1c(-c2cccs2)c(Cl)nc(Cl)c1=O. The number of thiophene rings is 1. The summed E-state index contributed by atoms with van der Waals surface area (Å²) in [6.45, 7) is 1.94. The van der Waals surface area contributed by atoms with Crippen LogP contribution in [0.25, 0.3) is 10.6 Å². The summed E-state index contributed by atoms with van der Waals surface area (Å²) < 4.78 is 1.61. The largest absolute Gasteiger partial charge is 0.295 e. The van der Waals surface area contributed by atoms with E-state index in [1.54, 1.807) is 4.57 Å². The van der Waals surface area contributed by atoms with E-state index in [0.29, 0.717) is 5.69 Å². The predicted octanol–water partition coefficient (Wildman–Crippen LogP) is 4.89. The molecular formula is C16H12Cl2N2OS. The van der Waals surface area contributed by atoms with Crippen LogP contribution < -0.4 is 5.56 Å². The maximum Gasteiger partial charge on any atom is 0.289 e. The molecule has 112 valence electrons. The van der Waals surface area contributed by atoms with Gasteiger partial charge < -0.3 is 0 Å². The molecule has 0 aliphatic rings. The van der Waals surface area contributed by atoms with Crippen molar-refractivity contribution < 1.29 is 0 Å². The highest BCUT2D eigenvalue weighted by Crippen LogP contribution is 2.33. The third kappa shape index (κ3) is 2.70. The first-order valence-electron chi connectivity index (χ1n) is 6.66. The zero-order chi connectivity index (χ0) is 15.7. The maximum absolute atomic E-state index is 12.6. The summed E-state index contributed by atoms with van der Waals surface area (Å²) in [6.07, 6.45) is 0. The van der Waals surface area contributed by atoms with Gasteiger partial charge in [0.15, 0.2) is 10.3 Å². The molecule has 1 atom stereocenters. The average Bonchev–Trinajstić information content (AvgIpc) is 3.04. The fourth-order valence-electron chi connectivity index (χ4n) is 2.37. The quantitative estimate of drug-likeness (QED) is 0.674. The summed E-state index contributed by atoms with van der Waals surface area (Å²) in [5.41, 5.74) is 1.26. The van der Waals surface area contributed by atoms with Gasteiger partial charge in [0.1, 0.15) is 0 Å². The van der Waals surface area contributed by atoms with Gasteiger partial charge >= 0.3 is 0 Å². The first-order valence-corrected chi connectivity index (χ1v) is 8.29. The molecular weight excluding hydrogens is 339 g/mol. The van der Waals surface area contributed by atoms with Gasteiger partial charge in [0.25, 0.3) is 5.56 Å². The monoisotopic (exact) mass is 350 g/mol. The Morgan fingerprint density at radius 3 is 2.45 bits per heavy atom. The van der Waals surface area contributed by atoms with Crippen LogP contribution in [0.3, 0.4) is 0 Å². The van der Waals surface area contributed by atoms with Gasteiger partial charge in [-0.1, -0.05) is 59.6 Å². The number of hydrogen-bond acceptors (Lipinski definition) is 3. The van der Waals surface area contributed by atoms with Crippen LogP contribution in [0.15, 0.2) is 52.6 Å². The van der Waals surface area contributed by atoms with E-state index in [0.717, 1.165) is 10.4 Å². The van der Waals surface area contributed by atoms with E-state index in [2.05, 4.69) is 4.98 Å². The van der Waals surface area contributed by atoms with Crippen LogP contribution in [0, 0.1) is 0 Å². The Hall–Kier alpha value is -1.62. The van der Waals surface area contributed by atoms with Gasteiger partial charge in [-0.2, -0.15) is 0 Å². The molecule has 2 aromatic heterocycles. The van der Waals surface area contributed by atoms with Crippen LogP contribution in [0.1, 0.15) is 18.5 Å². The van der Waals surface area contributed by atoms with Crippen molar-refractivity contribution in [1.82, 2.24) is 9.55 Å². The van der Waals surface area contributed by atoms with Crippen molar-refractivity contribution in [3.63, 3.8) is 0 Å². The van der Waals surface area contributed by atoms with Gasteiger partial charge in [0.05, 0.1) is 16.6 Å². The van der Waals surface area contributed by atoms with Crippen LogP contribution in [-0.4, -0.2) is 9.55 Å². The van der Waals surface area contributed by atoms with E-state index in [-0.39, 0.29) is 21.9 Å². The third-order valence-electron chi connectivity index (χ3n) is 3.45. The molecule has 0 saturated heterocycles. The van der Waals surface area contributed by atoms with Gasteiger partial charge in [0, 0.05) is 0 Å². The van der Waals surface area contributed by atoms with Gasteiger partial charge in [-0.15, -0.1) is 11.3 Å². The van der Waals surface area contributed by atoms with Gasteiger partial charge in [-0.3, -0.25) is 9.36 Å². The van der Waals surface area contributed by atoms with E-state index in [9.17, 15) is 4.79 Å². The van der Waals surface area contributed by atoms with Gasteiger partial charge in [-0.05, 0) is 23.9 Å². The molecule has 0 amide bonds. The number of hydrogen-bond donors (Lipinski definition) is 0. The smallest absolute Gasteiger partial charge is 0.289 e. The third-order valence-corrected chi connectivity index (χ3v) is 4.84. The average molecular weight is 351 g/mol. The molecule has 6 heteroatoms. The second-order valence-corrected chi connectivity index (χ2v) is 6.44. The minimum atomic E-state index is -0.342. The number of halogens is 2. The van der Waals surface area contributed by atoms with Crippen molar-refractivity contribution in [1.29, 1.82) is 0 Å². The fraction of sp³-hybridized carbons (Fsp3) is 0.125. The first kappa shape index (κ1) is 15.3. The molecule has 0 N–H and O–H groups in total. The summed E-state index contributed by atoms with van der Waals surface area (Å²) in [6, 6.07) is 13.4.